The zero-order valence-electron chi connectivity index (χ0n) is 5.71. The van der Waals surface area contributed by atoms with E-state index in [0.717, 1.165) is 19.4 Å². The first kappa shape index (κ1) is 6.16. The molecule has 0 radical (unpaired) electrons. The minimum absolute atomic E-state index is 0.0963. The lowest BCUT2D eigenvalue weighted by Gasteiger charge is -2.33. The second-order valence-electron chi connectivity index (χ2n) is 2.83. The highest BCUT2D eigenvalue weighted by atomic mass is 16.6. The van der Waals surface area contributed by atoms with Gasteiger partial charge in [0.1, 0.15) is 6.10 Å². The molecule has 3 heteroatoms. The lowest BCUT2D eigenvalue weighted by Crippen LogP contribution is -2.39. The number of carbonyl (C=O) groups is 1. The van der Waals surface area contributed by atoms with E-state index >= 15 is 0 Å². The summed E-state index contributed by atoms with van der Waals surface area (Å²) in [6.45, 7) is 0.753. The monoisotopic (exact) mass is 142 g/mol. The Bertz CT molecular complexity index is 141. The standard InChI is InChI=1S/C7H10O3/c8-7-4-6-3-5(10-7)1-2-9-6/h5-6H,1-4H2/t5-,6+/m1/s1. The fourth-order valence-electron chi connectivity index (χ4n) is 1.51. The molecule has 0 aromatic heterocycles. The third-order valence-corrected chi connectivity index (χ3v) is 2.01. The number of hydrogen-bond acceptors (Lipinski definition) is 3. The van der Waals surface area contributed by atoms with Crippen molar-refractivity contribution in [3.63, 3.8) is 0 Å². The molecule has 2 aliphatic heterocycles. The zero-order valence-corrected chi connectivity index (χ0v) is 5.71. The maximum Gasteiger partial charge on any atom is 0.308 e. The lowest BCUT2D eigenvalue weighted by atomic mass is 10.0. The minimum Gasteiger partial charge on any atom is -0.462 e. The van der Waals surface area contributed by atoms with Gasteiger partial charge in [0.2, 0.25) is 0 Å². The summed E-state index contributed by atoms with van der Waals surface area (Å²) in [5, 5.41) is 0. The van der Waals surface area contributed by atoms with Gasteiger partial charge in [-0.2, -0.15) is 0 Å². The van der Waals surface area contributed by atoms with Crippen LogP contribution >= 0.6 is 0 Å². The predicted octanol–water partition coefficient (Wildman–Crippen LogP) is 0.481. The summed E-state index contributed by atoms with van der Waals surface area (Å²) in [5.41, 5.74) is 0. The van der Waals surface area contributed by atoms with E-state index in [2.05, 4.69) is 0 Å². The molecule has 0 spiro atoms. The Balaban J connectivity index is 2.05. The highest BCUT2D eigenvalue weighted by molar-refractivity contribution is 5.71. The molecule has 0 amide bonds. The molecule has 10 heavy (non-hydrogen) atoms. The van der Waals surface area contributed by atoms with Gasteiger partial charge in [-0.25, -0.2) is 0 Å². The number of fused-ring (bicyclic) bond motifs is 2. The molecule has 3 nitrogen and oxygen atoms in total. The van der Waals surface area contributed by atoms with Gasteiger partial charge in [0.15, 0.2) is 0 Å². The van der Waals surface area contributed by atoms with Gasteiger partial charge in [0.05, 0.1) is 19.1 Å². The topological polar surface area (TPSA) is 35.5 Å². The quantitative estimate of drug-likeness (QED) is 0.461. The molecule has 2 heterocycles. The van der Waals surface area contributed by atoms with E-state index in [0.29, 0.717) is 6.42 Å². The molecule has 0 aromatic rings. The van der Waals surface area contributed by atoms with Crippen LogP contribution in [-0.4, -0.2) is 24.8 Å². The summed E-state index contributed by atoms with van der Waals surface area (Å²) in [7, 11) is 0. The Morgan fingerprint density at radius 3 is 3.10 bits per heavy atom. The molecule has 2 bridgehead atoms. The van der Waals surface area contributed by atoms with Crippen LogP contribution in [0.4, 0.5) is 0 Å². The summed E-state index contributed by atoms with van der Waals surface area (Å²) in [6.07, 6.45) is 2.55. The SMILES string of the molecule is O=C1C[C@@H]2C[C@@H](CCO2)O1. The first-order chi connectivity index (χ1) is 4.84. The summed E-state index contributed by atoms with van der Waals surface area (Å²) < 4.78 is 10.4. The Labute approximate surface area is 59.3 Å². The maximum atomic E-state index is 10.8. The van der Waals surface area contributed by atoms with Crippen LogP contribution in [0.25, 0.3) is 0 Å². The van der Waals surface area contributed by atoms with Crippen LogP contribution in [-0.2, 0) is 14.3 Å². The van der Waals surface area contributed by atoms with Gasteiger partial charge in [-0.1, -0.05) is 0 Å². The smallest absolute Gasteiger partial charge is 0.308 e. The van der Waals surface area contributed by atoms with Gasteiger partial charge in [0.25, 0.3) is 0 Å². The van der Waals surface area contributed by atoms with E-state index in [1.54, 1.807) is 0 Å². The van der Waals surface area contributed by atoms with E-state index < -0.39 is 0 Å². The second kappa shape index (κ2) is 2.23. The maximum absolute atomic E-state index is 10.8. The number of hydrogen-bond donors (Lipinski definition) is 0. The van der Waals surface area contributed by atoms with Crippen LogP contribution in [0.5, 0.6) is 0 Å². The predicted molar refractivity (Wildman–Crippen MR) is 33.5 cm³/mol. The normalized spacial score (nSPS) is 39.0. The van der Waals surface area contributed by atoms with Crippen LogP contribution < -0.4 is 0 Å². The van der Waals surface area contributed by atoms with E-state index in [-0.39, 0.29) is 18.2 Å². The van der Waals surface area contributed by atoms with Gasteiger partial charge in [-0.3, -0.25) is 4.79 Å². The van der Waals surface area contributed by atoms with E-state index in [1.807, 2.05) is 0 Å². The molecule has 2 aliphatic rings. The van der Waals surface area contributed by atoms with Gasteiger partial charge < -0.3 is 9.47 Å². The van der Waals surface area contributed by atoms with Crippen LogP contribution in [0.1, 0.15) is 19.3 Å². The van der Waals surface area contributed by atoms with Crippen molar-refractivity contribution in [3.8, 4) is 0 Å². The zero-order chi connectivity index (χ0) is 6.97. The third-order valence-electron chi connectivity index (χ3n) is 2.01. The number of ether oxygens (including phenoxy) is 2. The number of carbonyl (C=O) groups excluding carboxylic acids is 1. The molecular formula is C7H10O3. The molecule has 0 saturated carbocycles. The van der Waals surface area contributed by atoms with Crippen LogP contribution in [0, 0.1) is 0 Å². The Morgan fingerprint density at radius 1 is 1.40 bits per heavy atom. The molecule has 2 saturated heterocycles. The summed E-state index contributed by atoms with van der Waals surface area (Å²) in [5.74, 6) is -0.0963. The average molecular weight is 142 g/mol. The van der Waals surface area contributed by atoms with Crippen molar-refractivity contribution in [3.05, 3.63) is 0 Å². The fraction of sp³-hybridized carbons (Fsp3) is 0.857. The van der Waals surface area contributed by atoms with Gasteiger partial charge >= 0.3 is 5.97 Å². The Morgan fingerprint density at radius 2 is 2.30 bits per heavy atom. The minimum atomic E-state index is -0.0963. The van der Waals surface area contributed by atoms with Gasteiger partial charge in [0, 0.05) is 12.8 Å². The van der Waals surface area contributed by atoms with Crippen molar-refractivity contribution in [2.45, 2.75) is 31.5 Å². The first-order valence-electron chi connectivity index (χ1n) is 3.65. The first-order valence-corrected chi connectivity index (χ1v) is 3.65. The van der Waals surface area contributed by atoms with Crippen molar-refractivity contribution in [2.24, 2.45) is 0 Å². The fourth-order valence-corrected chi connectivity index (χ4v) is 1.51. The van der Waals surface area contributed by atoms with Crippen molar-refractivity contribution in [2.75, 3.05) is 6.61 Å². The van der Waals surface area contributed by atoms with Crippen LogP contribution in [0.2, 0.25) is 0 Å². The van der Waals surface area contributed by atoms with Crippen molar-refractivity contribution < 1.29 is 14.3 Å². The highest BCUT2D eigenvalue weighted by Crippen LogP contribution is 2.24. The molecule has 0 N–H and O–H groups in total. The average Bonchev–Trinajstić information content (AvgIpc) is 1.85. The third kappa shape index (κ3) is 1.01. The summed E-state index contributed by atoms with van der Waals surface area (Å²) in [6, 6.07) is 0. The molecule has 2 fully saturated rings. The van der Waals surface area contributed by atoms with E-state index in [9.17, 15) is 4.79 Å². The molecule has 0 aliphatic carbocycles. The molecule has 56 valence electrons. The molecule has 2 rings (SSSR count). The summed E-state index contributed by atoms with van der Waals surface area (Å²) in [4.78, 5) is 10.8. The lowest BCUT2D eigenvalue weighted by molar-refractivity contribution is -0.173. The molecular weight excluding hydrogens is 132 g/mol. The summed E-state index contributed by atoms with van der Waals surface area (Å²) >= 11 is 0. The van der Waals surface area contributed by atoms with Crippen molar-refractivity contribution in [1.29, 1.82) is 0 Å². The van der Waals surface area contributed by atoms with E-state index in [1.165, 1.54) is 0 Å². The Kier molecular flexibility index (Phi) is 1.38. The molecule has 0 unspecified atom stereocenters. The van der Waals surface area contributed by atoms with Crippen LogP contribution in [0.3, 0.4) is 0 Å². The highest BCUT2D eigenvalue weighted by Gasteiger charge is 2.32. The Hall–Kier alpha value is -0.570. The van der Waals surface area contributed by atoms with Crippen LogP contribution in [0.15, 0.2) is 0 Å². The van der Waals surface area contributed by atoms with Gasteiger partial charge in [-0.15, -0.1) is 0 Å². The number of rotatable bonds is 0. The van der Waals surface area contributed by atoms with E-state index in [4.69, 9.17) is 9.47 Å². The molecule has 0 aromatic carbocycles. The number of esters is 1. The largest absolute Gasteiger partial charge is 0.462 e. The van der Waals surface area contributed by atoms with Gasteiger partial charge in [-0.05, 0) is 0 Å². The van der Waals surface area contributed by atoms with Crippen molar-refractivity contribution in [1.82, 2.24) is 0 Å². The molecule has 2 atom stereocenters. The van der Waals surface area contributed by atoms with Crippen molar-refractivity contribution >= 4 is 5.97 Å². The second-order valence-corrected chi connectivity index (χ2v) is 2.83.